The Morgan fingerprint density at radius 1 is 1.24 bits per heavy atom. The van der Waals surface area contributed by atoms with E-state index in [2.05, 4.69) is 49.9 Å². The van der Waals surface area contributed by atoms with Gasteiger partial charge in [0, 0.05) is 17.9 Å². The van der Waals surface area contributed by atoms with E-state index in [1.54, 1.807) is 0 Å². The maximum absolute atomic E-state index is 8.17. The van der Waals surface area contributed by atoms with Crippen LogP contribution in [-0.2, 0) is 5.41 Å². The van der Waals surface area contributed by atoms with Gasteiger partial charge in [-0.2, -0.15) is 0 Å². The van der Waals surface area contributed by atoms with Crippen molar-refractivity contribution in [3.05, 3.63) is 35.4 Å². The molecule has 1 fully saturated rings. The Balaban J connectivity index is 2.15. The summed E-state index contributed by atoms with van der Waals surface area (Å²) in [4.78, 5) is 2.14. The lowest BCUT2D eigenvalue weighted by Gasteiger charge is -2.21. The molecule has 1 aliphatic heterocycles. The summed E-state index contributed by atoms with van der Waals surface area (Å²) in [6.45, 7) is 7.64. The average molecular weight is 248 g/mol. The van der Waals surface area contributed by atoms with Crippen molar-refractivity contribution in [2.75, 3.05) is 18.2 Å². The summed E-state index contributed by atoms with van der Waals surface area (Å²) in [5.41, 5.74) is 2.54. The van der Waals surface area contributed by atoms with Crippen LogP contribution in [0.1, 0.15) is 31.9 Å². The quantitative estimate of drug-likeness (QED) is 0.610. The van der Waals surface area contributed by atoms with E-state index < -0.39 is 0 Å². The van der Waals surface area contributed by atoms with Gasteiger partial charge in [-0.3, -0.25) is 5.41 Å². The molecule has 3 heteroatoms. The van der Waals surface area contributed by atoms with Gasteiger partial charge in [-0.1, -0.05) is 45.0 Å². The Bertz CT molecular complexity index is 397. The number of nitrogens with one attached hydrogen (secondary N) is 1. The highest BCUT2D eigenvalue weighted by atomic mass is 32.2. The Hall–Kier alpha value is -0.960. The first kappa shape index (κ1) is 12.5. The second-order valence-corrected chi connectivity index (χ2v) is 6.55. The van der Waals surface area contributed by atoms with Gasteiger partial charge in [0.05, 0.1) is 5.88 Å². The van der Waals surface area contributed by atoms with Crippen LogP contribution in [0.25, 0.3) is 0 Å². The highest BCUT2D eigenvalue weighted by molar-refractivity contribution is 7.99. The number of thioether (sulfide) groups is 1. The summed E-state index contributed by atoms with van der Waals surface area (Å²) in [6, 6.07) is 8.44. The van der Waals surface area contributed by atoms with Crippen LogP contribution in [0.3, 0.4) is 0 Å². The molecule has 1 aromatic rings. The molecule has 0 radical (unpaired) electrons. The molecular weight excluding hydrogens is 228 g/mol. The van der Waals surface area contributed by atoms with Crippen molar-refractivity contribution in [1.29, 1.82) is 5.41 Å². The van der Waals surface area contributed by atoms with Crippen LogP contribution in [0.4, 0.5) is 0 Å². The van der Waals surface area contributed by atoms with Crippen molar-refractivity contribution in [2.24, 2.45) is 0 Å². The lowest BCUT2D eigenvalue weighted by Crippen LogP contribution is -2.27. The second-order valence-electron chi connectivity index (χ2n) is 5.48. The summed E-state index contributed by atoms with van der Waals surface area (Å²) >= 11 is 1.90. The fourth-order valence-electron chi connectivity index (χ4n) is 1.90. The van der Waals surface area contributed by atoms with Gasteiger partial charge in [0.15, 0.2) is 0 Å². The second kappa shape index (κ2) is 4.73. The first-order valence-electron chi connectivity index (χ1n) is 6.00. The maximum atomic E-state index is 8.17. The number of benzene rings is 1. The van der Waals surface area contributed by atoms with Crippen LogP contribution in [-0.4, -0.2) is 28.9 Å². The van der Waals surface area contributed by atoms with Crippen molar-refractivity contribution >= 4 is 17.6 Å². The summed E-state index contributed by atoms with van der Waals surface area (Å²) < 4.78 is 0. The molecule has 0 unspecified atom stereocenters. The molecule has 1 N–H and O–H groups in total. The van der Waals surface area contributed by atoms with Crippen LogP contribution in [0.15, 0.2) is 24.3 Å². The van der Waals surface area contributed by atoms with E-state index in [1.165, 1.54) is 5.56 Å². The van der Waals surface area contributed by atoms with Gasteiger partial charge in [0.25, 0.3) is 0 Å². The van der Waals surface area contributed by atoms with Crippen molar-refractivity contribution in [1.82, 2.24) is 4.90 Å². The molecule has 92 valence electrons. The number of hydrogen-bond donors (Lipinski definition) is 1. The average Bonchev–Trinajstić information content (AvgIpc) is 2.80. The van der Waals surface area contributed by atoms with E-state index in [4.69, 9.17) is 5.41 Å². The molecule has 0 atom stereocenters. The molecule has 1 saturated heterocycles. The lowest BCUT2D eigenvalue weighted by atomic mass is 9.86. The molecule has 1 aliphatic rings. The smallest absolute Gasteiger partial charge is 0.128 e. The minimum atomic E-state index is 0.185. The van der Waals surface area contributed by atoms with E-state index in [0.29, 0.717) is 5.84 Å². The van der Waals surface area contributed by atoms with E-state index in [-0.39, 0.29) is 5.41 Å². The standard InChI is InChI=1S/C14H20N2S/c1-14(2,3)12-6-4-11(5-7-12)13(15)16-8-9-17-10-16/h4-7,15H,8-10H2,1-3H3. The summed E-state index contributed by atoms with van der Waals surface area (Å²) in [6.07, 6.45) is 0. The van der Waals surface area contributed by atoms with Gasteiger partial charge >= 0.3 is 0 Å². The van der Waals surface area contributed by atoms with Crippen LogP contribution in [0, 0.1) is 5.41 Å². The molecule has 1 aromatic carbocycles. The zero-order valence-corrected chi connectivity index (χ0v) is 11.6. The predicted molar refractivity (Wildman–Crippen MR) is 76.0 cm³/mol. The number of rotatable bonds is 1. The SMILES string of the molecule is CC(C)(C)c1ccc(C(=N)N2CCSC2)cc1. The Labute approximate surface area is 108 Å². The highest BCUT2D eigenvalue weighted by Crippen LogP contribution is 2.23. The molecule has 0 aliphatic carbocycles. The minimum Gasteiger partial charge on any atom is -0.347 e. The van der Waals surface area contributed by atoms with E-state index in [1.807, 2.05) is 11.8 Å². The molecule has 0 amide bonds. The van der Waals surface area contributed by atoms with Crippen molar-refractivity contribution < 1.29 is 0 Å². The molecule has 2 rings (SSSR count). The summed E-state index contributed by atoms with van der Waals surface area (Å²) in [5, 5.41) is 8.17. The van der Waals surface area contributed by atoms with Gasteiger partial charge in [-0.15, -0.1) is 11.8 Å². The van der Waals surface area contributed by atoms with Crippen LogP contribution < -0.4 is 0 Å². The zero-order valence-electron chi connectivity index (χ0n) is 10.8. The zero-order chi connectivity index (χ0) is 12.5. The minimum absolute atomic E-state index is 0.185. The summed E-state index contributed by atoms with van der Waals surface area (Å²) in [5.74, 6) is 2.76. The number of hydrogen-bond acceptors (Lipinski definition) is 2. The van der Waals surface area contributed by atoms with Gasteiger partial charge in [0.2, 0.25) is 0 Å². The highest BCUT2D eigenvalue weighted by Gasteiger charge is 2.18. The molecule has 0 aromatic heterocycles. The summed E-state index contributed by atoms with van der Waals surface area (Å²) in [7, 11) is 0. The van der Waals surface area contributed by atoms with Crippen molar-refractivity contribution in [2.45, 2.75) is 26.2 Å². The Kier molecular flexibility index (Phi) is 3.48. The monoisotopic (exact) mass is 248 g/mol. The van der Waals surface area contributed by atoms with Crippen LogP contribution in [0.2, 0.25) is 0 Å². The van der Waals surface area contributed by atoms with Gasteiger partial charge in [0.1, 0.15) is 5.84 Å². The van der Waals surface area contributed by atoms with Gasteiger partial charge < -0.3 is 4.90 Å². The molecular formula is C14H20N2S. The third-order valence-corrected chi connectivity index (χ3v) is 4.06. The lowest BCUT2D eigenvalue weighted by molar-refractivity contribution is 0.540. The third-order valence-electron chi connectivity index (χ3n) is 3.09. The van der Waals surface area contributed by atoms with E-state index in [0.717, 1.165) is 23.7 Å². The number of amidine groups is 1. The van der Waals surface area contributed by atoms with E-state index in [9.17, 15) is 0 Å². The third kappa shape index (κ3) is 2.83. The Morgan fingerprint density at radius 2 is 1.88 bits per heavy atom. The van der Waals surface area contributed by atoms with Gasteiger partial charge in [-0.05, 0) is 11.0 Å². The topological polar surface area (TPSA) is 27.1 Å². The van der Waals surface area contributed by atoms with Crippen LogP contribution >= 0.6 is 11.8 Å². The maximum Gasteiger partial charge on any atom is 0.128 e. The molecule has 17 heavy (non-hydrogen) atoms. The molecule has 1 heterocycles. The Morgan fingerprint density at radius 3 is 2.35 bits per heavy atom. The van der Waals surface area contributed by atoms with E-state index >= 15 is 0 Å². The molecule has 0 saturated carbocycles. The van der Waals surface area contributed by atoms with Crippen molar-refractivity contribution in [3.8, 4) is 0 Å². The fourth-order valence-corrected chi connectivity index (χ4v) is 2.86. The number of nitrogens with zero attached hydrogens (tertiary/aromatic N) is 1. The first-order chi connectivity index (χ1) is 7.98. The molecule has 0 spiro atoms. The fraction of sp³-hybridized carbons (Fsp3) is 0.500. The van der Waals surface area contributed by atoms with Crippen LogP contribution in [0.5, 0.6) is 0 Å². The largest absolute Gasteiger partial charge is 0.347 e. The van der Waals surface area contributed by atoms with Gasteiger partial charge in [-0.25, -0.2) is 0 Å². The normalized spacial score (nSPS) is 16.3. The first-order valence-corrected chi connectivity index (χ1v) is 7.16. The molecule has 2 nitrogen and oxygen atoms in total. The predicted octanol–water partition coefficient (Wildman–Crippen LogP) is 3.32. The molecule has 0 bridgehead atoms. The van der Waals surface area contributed by atoms with Crippen molar-refractivity contribution in [3.63, 3.8) is 0 Å².